The van der Waals surface area contributed by atoms with Crippen molar-refractivity contribution in [2.24, 2.45) is 0 Å². The number of halogens is 6. The van der Waals surface area contributed by atoms with Crippen LogP contribution >= 0.6 is 0 Å². The fourth-order valence-electron chi connectivity index (χ4n) is 5.54. The highest BCUT2D eigenvalue weighted by Gasteiger charge is 2.44. The molecule has 48 heavy (non-hydrogen) atoms. The van der Waals surface area contributed by atoms with Crippen molar-refractivity contribution in [3.8, 4) is 24.3 Å². The lowest BCUT2D eigenvalue weighted by molar-refractivity contribution is 0.508. The third kappa shape index (κ3) is 4.18. The molecule has 0 saturated heterocycles. The van der Waals surface area contributed by atoms with Crippen molar-refractivity contribution in [3.63, 3.8) is 0 Å². The van der Waals surface area contributed by atoms with Gasteiger partial charge < -0.3 is 0 Å². The van der Waals surface area contributed by atoms with Gasteiger partial charge in [-0.15, -0.1) is 0 Å². The van der Waals surface area contributed by atoms with Crippen molar-refractivity contribution in [1.82, 2.24) is 0 Å². The second kappa shape index (κ2) is 11.6. The van der Waals surface area contributed by atoms with E-state index in [1.165, 1.54) is 12.1 Å². The number of hydrogen-bond acceptors (Lipinski definition) is 4. The third-order valence-corrected chi connectivity index (χ3v) is 7.36. The van der Waals surface area contributed by atoms with Crippen molar-refractivity contribution in [2.75, 3.05) is 0 Å². The van der Waals surface area contributed by atoms with Gasteiger partial charge in [-0.2, -0.15) is 10.5 Å². The fourth-order valence-corrected chi connectivity index (χ4v) is 5.54. The molecule has 3 aromatic carbocycles. The molecule has 0 aromatic heterocycles. The number of benzene rings is 3. The van der Waals surface area contributed by atoms with Gasteiger partial charge >= 0.3 is 0 Å². The Morgan fingerprint density at radius 1 is 0.562 bits per heavy atom. The summed E-state index contributed by atoms with van der Waals surface area (Å²) in [5.41, 5.74) is -13.4. The second-order valence-electron chi connectivity index (χ2n) is 9.54. The lowest BCUT2D eigenvalue weighted by Crippen LogP contribution is -2.05. The topological polar surface area (TPSA) is 113 Å². The standard InChI is InChI=1S/C34H4F6N8/c1-45-21-8-20(38)19(37)7-15(21)26-28(23(12-44)47-3)30-31(34(26)48-4)33(40)29-25(32(30)39)16(10-42)24(27(29)22(11-43)46-2)14-6-18(36)17(35)5-13(14)9-41/h5-8H/b27-22-,28-23+. The Kier molecular flexibility index (Phi) is 7.60. The molecule has 0 saturated carbocycles. The average molecular weight is 638 g/mol. The van der Waals surface area contributed by atoms with E-state index < -0.39 is 124 Å². The Morgan fingerprint density at radius 3 is 1.56 bits per heavy atom. The van der Waals surface area contributed by atoms with Gasteiger partial charge in [0.25, 0.3) is 11.4 Å². The molecule has 2 aliphatic carbocycles. The Morgan fingerprint density at radius 2 is 1.06 bits per heavy atom. The molecule has 3 aromatic rings. The van der Waals surface area contributed by atoms with Crippen LogP contribution in [0.4, 0.5) is 32.0 Å². The molecule has 222 valence electrons. The van der Waals surface area contributed by atoms with E-state index in [0.717, 1.165) is 0 Å². The van der Waals surface area contributed by atoms with E-state index >= 15 is 8.78 Å². The zero-order valence-corrected chi connectivity index (χ0v) is 23.2. The van der Waals surface area contributed by atoms with Gasteiger partial charge in [0.05, 0.1) is 55.6 Å². The molecule has 14 heteroatoms. The van der Waals surface area contributed by atoms with Crippen LogP contribution in [0.2, 0.25) is 0 Å². The van der Waals surface area contributed by atoms with Crippen LogP contribution in [0.25, 0.3) is 52.9 Å². The van der Waals surface area contributed by atoms with E-state index in [4.69, 9.17) is 26.3 Å². The second-order valence-corrected chi connectivity index (χ2v) is 9.54. The first-order valence-corrected chi connectivity index (χ1v) is 12.6. The van der Waals surface area contributed by atoms with Gasteiger partial charge in [0.1, 0.15) is 23.5 Å². The van der Waals surface area contributed by atoms with Crippen LogP contribution in [-0.2, 0) is 0 Å². The van der Waals surface area contributed by atoms with Crippen molar-refractivity contribution < 1.29 is 26.3 Å². The molecule has 5 rings (SSSR count). The van der Waals surface area contributed by atoms with Crippen molar-refractivity contribution in [2.45, 2.75) is 0 Å². The first kappa shape index (κ1) is 31.5. The maximum Gasteiger partial charge on any atom is 0.270 e. The molecule has 0 fully saturated rings. The number of nitrogens with zero attached hydrogens (tertiary/aromatic N) is 8. The van der Waals surface area contributed by atoms with Gasteiger partial charge in [-0.05, 0) is 46.5 Å². The summed E-state index contributed by atoms with van der Waals surface area (Å²) in [5.74, 6) is -9.35. The molecule has 0 heterocycles. The summed E-state index contributed by atoms with van der Waals surface area (Å²) < 4.78 is 91.4. The molecule has 2 aliphatic rings. The Labute approximate surface area is 266 Å². The molecule has 0 aliphatic heterocycles. The highest BCUT2D eigenvalue weighted by Crippen LogP contribution is 2.58. The average Bonchev–Trinajstić information content (AvgIpc) is 3.61. The minimum atomic E-state index is -1.61. The van der Waals surface area contributed by atoms with Gasteiger partial charge in [-0.25, -0.2) is 56.2 Å². The Balaban J connectivity index is 2.08. The van der Waals surface area contributed by atoms with Crippen LogP contribution < -0.4 is 0 Å². The van der Waals surface area contributed by atoms with Crippen LogP contribution in [-0.4, -0.2) is 0 Å². The SMILES string of the molecule is [C-]#[N+]C1=C(c2cc(F)c(F)cc2[N+]#[C-])/C(=C(/C#N)[N+]#[C-])c2c(F)c3c(c(F)c21)/C(=C(/C#N)[N+]#[C-])C(c1cc(F)c(F)cc1C#N)=C3C#N. The number of rotatable bonds is 2. The highest BCUT2D eigenvalue weighted by atomic mass is 19.2. The summed E-state index contributed by atoms with van der Waals surface area (Å²) in [6.07, 6.45) is 0. The largest absolute Gasteiger partial charge is 0.270 e. The molecule has 0 bridgehead atoms. The first-order valence-electron chi connectivity index (χ1n) is 12.6. The maximum absolute atomic E-state index is 17.1. The minimum absolute atomic E-state index is 0.419. The van der Waals surface area contributed by atoms with E-state index in [0.29, 0.717) is 24.3 Å². The first-order chi connectivity index (χ1) is 23.0. The highest BCUT2D eigenvalue weighted by molar-refractivity contribution is 6.30. The monoisotopic (exact) mass is 638 g/mol. The van der Waals surface area contributed by atoms with E-state index in [-0.39, 0.29) is 0 Å². The summed E-state index contributed by atoms with van der Waals surface area (Å²) in [7, 11) is 0. The number of fused-ring (bicyclic) bond motifs is 2. The lowest BCUT2D eigenvalue weighted by atomic mass is 9.90. The predicted molar refractivity (Wildman–Crippen MR) is 154 cm³/mol. The van der Waals surface area contributed by atoms with Gasteiger partial charge in [-0.1, -0.05) is 0 Å². The summed E-state index contributed by atoms with van der Waals surface area (Å²) in [4.78, 5) is 12.3. The fraction of sp³-hybridized carbons (Fsp3) is 0. The van der Waals surface area contributed by atoms with Gasteiger partial charge in [0.15, 0.2) is 23.1 Å². The molecule has 0 atom stereocenters. The van der Waals surface area contributed by atoms with Crippen molar-refractivity contribution in [1.29, 1.82) is 21.0 Å². The molecular weight excluding hydrogens is 634 g/mol. The van der Waals surface area contributed by atoms with Crippen molar-refractivity contribution >= 4 is 39.2 Å². The smallest absolute Gasteiger partial charge is 0.237 e. The summed E-state index contributed by atoms with van der Waals surface area (Å²) in [6.45, 7) is 30.4. The van der Waals surface area contributed by atoms with E-state index in [2.05, 4.69) is 19.4 Å². The van der Waals surface area contributed by atoms with Crippen LogP contribution in [0.5, 0.6) is 0 Å². The van der Waals surface area contributed by atoms with Crippen LogP contribution in [0, 0.1) is 107 Å². The van der Waals surface area contributed by atoms with E-state index in [1.54, 1.807) is 12.1 Å². The van der Waals surface area contributed by atoms with Gasteiger partial charge in [0, 0.05) is 33.4 Å². The molecule has 0 amide bonds. The molecule has 0 unspecified atom stereocenters. The molecule has 8 nitrogen and oxygen atoms in total. The maximum atomic E-state index is 17.1. The third-order valence-electron chi connectivity index (χ3n) is 7.36. The molecule has 0 spiro atoms. The molecule has 0 N–H and O–H groups in total. The molecule has 0 radical (unpaired) electrons. The lowest BCUT2D eigenvalue weighted by Gasteiger charge is -2.15. The minimum Gasteiger partial charge on any atom is -0.237 e. The number of allylic oxidation sites excluding steroid dienone is 7. The summed E-state index contributed by atoms with van der Waals surface area (Å²) in [5, 5.41) is 39.6. The zero-order valence-electron chi connectivity index (χ0n) is 23.2. The van der Waals surface area contributed by atoms with Crippen molar-refractivity contribution in [3.05, 3.63) is 155 Å². The Hall–Kier alpha value is -7.88. The summed E-state index contributed by atoms with van der Waals surface area (Å²) >= 11 is 0. The van der Waals surface area contributed by atoms with Crippen LogP contribution in [0.3, 0.4) is 0 Å². The number of nitriles is 4. The Bertz CT molecular complexity index is 2390. The van der Waals surface area contributed by atoms with E-state index in [1.807, 2.05) is 0 Å². The van der Waals surface area contributed by atoms with Gasteiger partial charge in [0.2, 0.25) is 5.70 Å². The predicted octanol–water partition coefficient (Wildman–Crippen LogP) is 8.50. The van der Waals surface area contributed by atoms with Crippen LogP contribution in [0.1, 0.15) is 38.9 Å². The van der Waals surface area contributed by atoms with E-state index in [9.17, 15) is 38.6 Å². The zero-order chi connectivity index (χ0) is 35.2. The quantitative estimate of drug-likeness (QED) is 0.159. The normalized spacial score (nSPS) is 14.6. The number of hydrogen-bond donors (Lipinski definition) is 0. The van der Waals surface area contributed by atoms with Crippen LogP contribution in [0.15, 0.2) is 35.7 Å². The summed E-state index contributed by atoms with van der Waals surface area (Å²) in [6, 6.07) is 7.74. The van der Waals surface area contributed by atoms with Gasteiger partial charge in [-0.3, -0.25) is 0 Å². The molecular formula is C34H4F6N8.